The van der Waals surface area contributed by atoms with Gasteiger partial charge < -0.3 is 9.72 Å². The summed E-state index contributed by atoms with van der Waals surface area (Å²) in [6.45, 7) is 2.26. The number of thiazole rings is 1. The van der Waals surface area contributed by atoms with Crippen LogP contribution >= 0.6 is 11.3 Å². The van der Waals surface area contributed by atoms with Crippen LogP contribution in [0.1, 0.15) is 36.6 Å². The standard InChI is InChI=1S/C15H21N3OS/c1-19-12-8-18(9-12)11-4-2-10(3-5-11)14-17-13-6-7-16-15(13)20-14/h6-7,10-12,16H,2-5,8-9H2,1H3. The van der Waals surface area contributed by atoms with Crippen LogP contribution in [0.15, 0.2) is 12.3 Å². The topological polar surface area (TPSA) is 41.1 Å². The van der Waals surface area contributed by atoms with Crippen LogP contribution in [-0.4, -0.2) is 47.2 Å². The van der Waals surface area contributed by atoms with Crippen molar-refractivity contribution in [2.24, 2.45) is 0 Å². The van der Waals surface area contributed by atoms with E-state index in [1.54, 1.807) is 0 Å². The molecule has 0 bridgehead atoms. The van der Waals surface area contributed by atoms with E-state index in [0.29, 0.717) is 12.0 Å². The number of nitrogens with one attached hydrogen (secondary N) is 1. The summed E-state index contributed by atoms with van der Waals surface area (Å²) in [6, 6.07) is 2.86. The molecule has 1 aliphatic carbocycles. The van der Waals surface area contributed by atoms with Crippen LogP contribution in [0.5, 0.6) is 0 Å². The Balaban J connectivity index is 1.36. The summed E-state index contributed by atoms with van der Waals surface area (Å²) in [5.41, 5.74) is 1.14. The van der Waals surface area contributed by atoms with Crippen LogP contribution in [0.25, 0.3) is 10.3 Å². The van der Waals surface area contributed by atoms with Crippen LogP contribution in [0.2, 0.25) is 0 Å². The SMILES string of the molecule is COC1CN(C2CCC(c3nc4cc[nH]c4s3)CC2)C1. The van der Waals surface area contributed by atoms with Crippen molar-refractivity contribution in [2.45, 2.75) is 43.7 Å². The van der Waals surface area contributed by atoms with E-state index in [2.05, 4.69) is 16.0 Å². The van der Waals surface area contributed by atoms with Crippen molar-refractivity contribution in [3.63, 3.8) is 0 Å². The van der Waals surface area contributed by atoms with E-state index >= 15 is 0 Å². The minimum Gasteiger partial charge on any atom is -0.379 e. The number of methoxy groups -OCH3 is 1. The van der Waals surface area contributed by atoms with Gasteiger partial charge in [0.25, 0.3) is 0 Å². The molecule has 1 saturated carbocycles. The van der Waals surface area contributed by atoms with Gasteiger partial charge in [-0.05, 0) is 31.7 Å². The van der Waals surface area contributed by atoms with Gasteiger partial charge in [0.15, 0.2) is 0 Å². The molecule has 0 unspecified atom stereocenters. The lowest BCUT2D eigenvalue weighted by Crippen LogP contribution is -2.56. The van der Waals surface area contributed by atoms with Crippen molar-refractivity contribution in [3.05, 3.63) is 17.3 Å². The number of aromatic nitrogens is 2. The first-order valence-corrected chi connectivity index (χ1v) is 8.36. The molecule has 0 atom stereocenters. The summed E-state index contributed by atoms with van der Waals surface area (Å²) in [4.78, 5) is 11.9. The summed E-state index contributed by atoms with van der Waals surface area (Å²) < 4.78 is 5.37. The van der Waals surface area contributed by atoms with Gasteiger partial charge >= 0.3 is 0 Å². The first-order valence-electron chi connectivity index (χ1n) is 7.54. The van der Waals surface area contributed by atoms with Gasteiger partial charge in [-0.15, -0.1) is 11.3 Å². The molecule has 1 N–H and O–H groups in total. The average Bonchev–Trinajstić information content (AvgIpc) is 2.99. The summed E-state index contributed by atoms with van der Waals surface area (Å²) >= 11 is 1.84. The quantitative estimate of drug-likeness (QED) is 0.945. The highest BCUT2D eigenvalue weighted by Crippen LogP contribution is 2.38. The third-order valence-electron chi connectivity index (χ3n) is 4.90. The van der Waals surface area contributed by atoms with Crippen LogP contribution in [0.3, 0.4) is 0 Å². The molecule has 5 heteroatoms. The van der Waals surface area contributed by atoms with Crippen LogP contribution in [0.4, 0.5) is 0 Å². The van der Waals surface area contributed by atoms with Crippen LogP contribution in [0, 0.1) is 0 Å². The number of likely N-dealkylation sites (tertiary alicyclic amines) is 1. The number of nitrogens with zero attached hydrogens (tertiary/aromatic N) is 2. The Morgan fingerprint density at radius 2 is 2.10 bits per heavy atom. The van der Waals surface area contributed by atoms with Crippen molar-refractivity contribution in [1.29, 1.82) is 0 Å². The fourth-order valence-corrected chi connectivity index (χ4v) is 4.64. The monoisotopic (exact) mass is 291 g/mol. The molecule has 2 aromatic heterocycles. The Hall–Kier alpha value is -0.910. The molecule has 1 saturated heterocycles. The molecule has 0 aromatic carbocycles. The van der Waals surface area contributed by atoms with Gasteiger partial charge in [-0.2, -0.15) is 0 Å². The van der Waals surface area contributed by atoms with Crippen molar-refractivity contribution >= 4 is 21.7 Å². The lowest BCUT2D eigenvalue weighted by atomic mass is 9.84. The molecular formula is C15H21N3OS. The number of H-pyrrole nitrogens is 1. The predicted molar refractivity (Wildman–Crippen MR) is 81.3 cm³/mol. The van der Waals surface area contributed by atoms with Gasteiger partial charge in [0.1, 0.15) is 4.83 Å². The Morgan fingerprint density at radius 1 is 1.30 bits per heavy atom. The molecule has 20 heavy (non-hydrogen) atoms. The molecule has 4 nitrogen and oxygen atoms in total. The smallest absolute Gasteiger partial charge is 0.120 e. The highest BCUT2D eigenvalue weighted by Gasteiger charge is 2.35. The van der Waals surface area contributed by atoms with E-state index < -0.39 is 0 Å². The summed E-state index contributed by atoms with van der Waals surface area (Å²) in [6.07, 6.45) is 7.66. The minimum atomic E-state index is 0.479. The molecule has 3 heterocycles. The van der Waals surface area contributed by atoms with Crippen molar-refractivity contribution in [3.8, 4) is 0 Å². The number of fused-ring (bicyclic) bond motifs is 1. The second kappa shape index (κ2) is 5.13. The lowest BCUT2D eigenvalue weighted by molar-refractivity contribution is -0.0579. The average molecular weight is 291 g/mol. The van der Waals surface area contributed by atoms with Crippen molar-refractivity contribution in [2.75, 3.05) is 20.2 Å². The molecule has 2 fully saturated rings. The van der Waals surface area contributed by atoms with Gasteiger partial charge in [-0.1, -0.05) is 0 Å². The largest absolute Gasteiger partial charge is 0.379 e. The van der Waals surface area contributed by atoms with Gasteiger partial charge in [0.2, 0.25) is 0 Å². The first-order chi connectivity index (χ1) is 9.83. The number of aromatic amines is 1. The predicted octanol–water partition coefficient (Wildman–Crippen LogP) is 2.98. The van der Waals surface area contributed by atoms with Crippen LogP contribution in [-0.2, 0) is 4.74 Å². The van der Waals surface area contributed by atoms with Crippen LogP contribution < -0.4 is 0 Å². The molecule has 0 spiro atoms. The number of hydrogen-bond donors (Lipinski definition) is 1. The maximum atomic E-state index is 5.37. The Kier molecular flexibility index (Phi) is 3.28. The molecule has 1 aliphatic heterocycles. The number of rotatable bonds is 3. The third kappa shape index (κ3) is 2.18. The maximum absolute atomic E-state index is 5.37. The Bertz CT molecular complexity index is 550. The normalized spacial score (nSPS) is 28.9. The molecule has 2 aliphatic rings. The van der Waals surface area contributed by atoms with E-state index in [0.717, 1.165) is 24.6 Å². The van der Waals surface area contributed by atoms with Gasteiger partial charge in [0.05, 0.1) is 16.6 Å². The zero-order valence-electron chi connectivity index (χ0n) is 11.8. The number of ether oxygens (including phenoxy) is 1. The van der Waals surface area contributed by atoms with E-state index in [1.165, 1.54) is 35.5 Å². The van der Waals surface area contributed by atoms with E-state index in [4.69, 9.17) is 9.72 Å². The third-order valence-corrected chi connectivity index (χ3v) is 6.06. The summed E-state index contributed by atoms with van der Waals surface area (Å²) in [7, 11) is 1.82. The highest BCUT2D eigenvalue weighted by atomic mass is 32.1. The lowest BCUT2D eigenvalue weighted by Gasteiger charge is -2.45. The Labute approximate surface area is 123 Å². The Morgan fingerprint density at radius 3 is 2.80 bits per heavy atom. The zero-order chi connectivity index (χ0) is 13.5. The minimum absolute atomic E-state index is 0.479. The fourth-order valence-electron chi connectivity index (χ4n) is 3.54. The molecule has 2 aromatic rings. The van der Waals surface area contributed by atoms with Gasteiger partial charge in [-0.3, -0.25) is 4.90 Å². The molecule has 0 amide bonds. The molecule has 108 valence electrons. The molecule has 4 rings (SSSR count). The van der Waals surface area contributed by atoms with E-state index in [1.807, 2.05) is 24.6 Å². The van der Waals surface area contributed by atoms with Crippen molar-refractivity contribution < 1.29 is 4.74 Å². The van der Waals surface area contributed by atoms with Gasteiger partial charge in [-0.25, -0.2) is 4.98 Å². The molecular weight excluding hydrogens is 270 g/mol. The highest BCUT2D eigenvalue weighted by molar-refractivity contribution is 7.18. The maximum Gasteiger partial charge on any atom is 0.120 e. The summed E-state index contributed by atoms with van der Waals surface area (Å²) in [5.74, 6) is 0.677. The fraction of sp³-hybridized carbons (Fsp3) is 0.667. The second-order valence-corrected chi connectivity index (χ2v) is 7.09. The summed E-state index contributed by atoms with van der Waals surface area (Å²) in [5, 5.41) is 1.34. The molecule has 0 radical (unpaired) electrons. The second-order valence-electron chi connectivity index (χ2n) is 6.06. The van der Waals surface area contributed by atoms with E-state index in [-0.39, 0.29) is 0 Å². The van der Waals surface area contributed by atoms with E-state index in [9.17, 15) is 0 Å². The van der Waals surface area contributed by atoms with Crippen molar-refractivity contribution in [1.82, 2.24) is 14.9 Å². The zero-order valence-corrected chi connectivity index (χ0v) is 12.7. The first kappa shape index (κ1) is 12.8. The van der Waals surface area contributed by atoms with Gasteiger partial charge in [0, 0.05) is 38.4 Å². The number of hydrogen-bond acceptors (Lipinski definition) is 4.